The van der Waals surface area contributed by atoms with Crippen LogP contribution in [0.1, 0.15) is 16.7 Å². The van der Waals surface area contributed by atoms with E-state index in [4.69, 9.17) is 11.5 Å². The number of primary amides is 1. The predicted molar refractivity (Wildman–Crippen MR) is 114 cm³/mol. The van der Waals surface area contributed by atoms with Crippen LogP contribution in [0.25, 0.3) is 11.3 Å². The van der Waals surface area contributed by atoms with E-state index in [1.54, 1.807) is 19.2 Å². The zero-order valence-corrected chi connectivity index (χ0v) is 16.8. The maximum atomic E-state index is 13.2. The lowest BCUT2D eigenvalue weighted by Crippen LogP contribution is -2.23. The van der Waals surface area contributed by atoms with E-state index < -0.39 is 17.6 Å². The number of nitrogen functional groups attached to an aromatic ring is 1. The van der Waals surface area contributed by atoms with E-state index in [1.807, 2.05) is 0 Å². The normalized spacial score (nSPS) is 10.8. The van der Waals surface area contributed by atoms with Crippen molar-refractivity contribution in [1.29, 1.82) is 0 Å². The summed E-state index contributed by atoms with van der Waals surface area (Å²) in [4.78, 5) is 23.5. The van der Waals surface area contributed by atoms with E-state index in [9.17, 15) is 18.0 Å². The molecular formula is C21H18F3N7O. The number of aromatic nitrogens is 3. The molecule has 2 aromatic heterocycles. The highest BCUT2D eigenvalue weighted by Gasteiger charge is 2.30. The van der Waals surface area contributed by atoms with E-state index in [0.717, 1.165) is 12.1 Å². The van der Waals surface area contributed by atoms with Gasteiger partial charge in [0.05, 0.1) is 23.4 Å². The number of nitrogens with one attached hydrogen (secondary N) is 2. The zero-order chi connectivity index (χ0) is 23.3. The number of nitrogens with zero attached hydrogens (tertiary/aromatic N) is 3. The Balaban J connectivity index is 2.12. The Labute approximate surface area is 181 Å². The fourth-order valence-corrected chi connectivity index (χ4v) is 2.65. The number of pyridine rings is 1. The molecule has 32 heavy (non-hydrogen) atoms. The molecule has 0 unspecified atom stereocenters. The lowest BCUT2D eigenvalue weighted by atomic mass is 10.0. The van der Waals surface area contributed by atoms with Crippen LogP contribution in [0.5, 0.6) is 0 Å². The van der Waals surface area contributed by atoms with Crippen molar-refractivity contribution in [2.24, 2.45) is 5.73 Å². The lowest BCUT2D eigenvalue weighted by Gasteiger charge is -2.12. The van der Waals surface area contributed by atoms with Crippen LogP contribution in [0, 0.1) is 11.8 Å². The van der Waals surface area contributed by atoms with Gasteiger partial charge >= 0.3 is 6.18 Å². The Morgan fingerprint density at radius 3 is 2.56 bits per heavy atom. The van der Waals surface area contributed by atoms with Crippen molar-refractivity contribution in [2.75, 3.05) is 30.0 Å². The van der Waals surface area contributed by atoms with Gasteiger partial charge < -0.3 is 22.1 Å². The molecule has 0 fully saturated rings. The average molecular weight is 441 g/mol. The molecule has 11 heteroatoms. The maximum absolute atomic E-state index is 13.2. The van der Waals surface area contributed by atoms with Gasteiger partial charge in [0.2, 0.25) is 11.9 Å². The number of carbonyl (C=O) groups excluding carboxylic acids is 1. The molecule has 0 saturated carbocycles. The number of hydrogen-bond acceptors (Lipinski definition) is 7. The van der Waals surface area contributed by atoms with Gasteiger partial charge in [-0.3, -0.25) is 4.79 Å². The van der Waals surface area contributed by atoms with Gasteiger partial charge in [-0.2, -0.15) is 18.2 Å². The summed E-state index contributed by atoms with van der Waals surface area (Å²) in [6.45, 7) is -0.282. The summed E-state index contributed by atoms with van der Waals surface area (Å²) in [6.07, 6.45) is -3.02. The summed E-state index contributed by atoms with van der Waals surface area (Å²) in [5.41, 5.74) is 11.2. The molecule has 0 aliphatic heterocycles. The Bertz CT molecular complexity index is 1200. The van der Waals surface area contributed by atoms with Crippen molar-refractivity contribution in [3.05, 3.63) is 59.3 Å². The van der Waals surface area contributed by atoms with Crippen LogP contribution in [0.15, 0.2) is 42.6 Å². The minimum atomic E-state index is -4.55. The van der Waals surface area contributed by atoms with Crippen molar-refractivity contribution >= 4 is 23.5 Å². The first-order valence-electron chi connectivity index (χ1n) is 9.20. The minimum Gasteiger partial charge on any atom is -0.382 e. The standard InChI is InChI=1S/C21H18F3N7O/c1-27-17-8-6-12(10-28-17)5-7-15-18(13-3-2-4-14(9-13)21(22,23)24)30-20(31-19(15)26)29-11-16(25)32/h2-4,6,8-10H,11H2,1H3,(H2,25,32)(H,27,28)(H3,26,29,30,31). The quantitative estimate of drug-likeness (QED) is 0.447. The number of rotatable bonds is 5. The third-order valence-electron chi connectivity index (χ3n) is 4.17. The molecule has 3 rings (SSSR count). The molecule has 0 bridgehead atoms. The molecule has 0 spiro atoms. The third kappa shape index (κ3) is 5.42. The summed E-state index contributed by atoms with van der Waals surface area (Å²) < 4.78 is 39.7. The number of hydrogen-bond donors (Lipinski definition) is 4. The summed E-state index contributed by atoms with van der Waals surface area (Å²) >= 11 is 0. The first kappa shape index (κ1) is 22.4. The predicted octanol–water partition coefficient (Wildman–Crippen LogP) is 2.48. The summed E-state index contributed by atoms with van der Waals surface area (Å²) in [5, 5.41) is 5.47. The second-order valence-corrected chi connectivity index (χ2v) is 6.49. The van der Waals surface area contributed by atoms with Crippen LogP contribution in [0.3, 0.4) is 0 Å². The van der Waals surface area contributed by atoms with Gasteiger partial charge in [-0.25, -0.2) is 9.97 Å². The van der Waals surface area contributed by atoms with Crippen LogP contribution in [-0.2, 0) is 11.0 Å². The largest absolute Gasteiger partial charge is 0.416 e. The zero-order valence-electron chi connectivity index (χ0n) is 16.8. The van der Waals surface area contributed by atoms with E-state index in [1.165, 1.54) is 18.3 Å². The van der Waals surface area contributed by atoms with Crippen molar-refractivity contribution in [3.8, 4) is 23.1 Å². The van der Waals surface area contributed by atoms with Crippen LogP contribution in [-0.4, -0.2) is 34.5 Å². The Kier molecular flexibility index (Phi) is 6.44. The van der Waals surface area contributed by atoms with Gasteiger partial charge in [-0.15, -0.1) is 0 Å². The van der Waals surface area contributed by atoms with E-state index in [0.29, 0.717) is 11.4 Å². The second kappa shape index (κ2) is 9.22. The van der Waals surface area contributed by atoms with Gasteiger partial charge in [0, 0.05) is 24.4 Å². The van der Waals surface area contributed by atoms with E-state index >= 15 is 0 Å². The molecule has 0 saturated heterocycles. The van der Waals surface area contributed by atoms with Crippen LogP contribution >= 0.6 is 0 Å². The molecule has 0 aliphatic carbocycles. The van der Waals surface area contributed by atoms with Gasteiger partial charge in [-0.05, 0) is 24.3 Å². The molecule has 0 atom stereocenters. The number of halogens is 3. The highest BCUT2D eigenvalue weighted by atomic mass is 19.4. The Morgan fingerprint density at radius 2 is 1.94 bits per heavy atom. The monoisotopic (exact) mass is 441 g/mol. The number of nitrogens with two attached hydrogens (primary N) is 2. The number of amides is 1. The molecule has 1 amide bonds. The highest BCUT2D eigenvalue weighted by Crippen LogP contribution is 2.33. The number of carbonyl (C=O) groups is 1. The third-order valence-corrected chi connectivity index (χ3v) is 4.17. The Hall–Kier alpha value is -4.33. The molecule has 3 aromatic rings. The van der Waals surface area contributed by atoms with Crippen molar-refractivity contribution in [3.63, 3.8) is 0 Å². The van der Waals surface area contributed by atoms with Crippen molar-refractivity contribution < 1.29 is 18.0 Å². The number of benzene rings is 1. The number of alkyl halides is 3. The fraction of sp³-hybridized carbons (Fsp3) is 0.143. The summed E-state index contributed by atoms with van der Waals surface area (Å²) in [5.74, 6) is 5.51. The van der Waals surface area contributed by atoms with Gasteiger partial charge in [0.15, 0.2) is 0 Å². The molecule has 0 aliphatic rings. The second-order valence-electron chi connectivity index (χ2n) is 6.49. The minimum absolute atomic E-state index is 0.0701. The first-order valence-corrected chi connectivity index (χ1v) is 9.20. The van der Waals surface area contributed by atoms with Crippen molar-refractivity contribution in [2.45, 2.75) is 6.18 Å². The lowest BCUT2D eigenvalue weighted by molar-refractivity contribution is -0.137. The maximum Gasteiger partial charge on any atom is 0.416 e. The van der Waals surface area contributed by atoms with Gasteiger partial charge in [0.25, 0.3) is 0 Å². The molecule has 6 N–H and O–H groups in total. The van der Waals surface area contributed by atoms with Crippen molar-refractivity contribution in [1.82, 2.24) is 15.0 Å². The highest BCUT2D eigenvalue weighted by molar-refractivity contribution is 5.79. The van der Waals surface area contributed by atoms with Gasteiger partial charge in [0.1, 0.15) is 11.6 Å². The summed E-state index contributed by atoms with van der Waals surface area (Å²) in [6, 6.07) is 8.02. The smallest absolute Gasteiger partial charge is 0.382 e. The molecule has 2 heterocycles. The van der Waals surface area contributed by atoms with Crippen LogP contribution in [0.4, 0.5) is 30.8 Å². The van der Waals surface area contributed by atoms with E-state index in [-0.39, 0.29) is 35.1 Å². The molecule has 0 radical (unpaired) electrons. The molecular weight excluding hydrogens is 423 g/mol. The van der Waals surface area contributed by atoms with Crippen LogP contribution < -0.4 is 22.1 Å². The molecule has 8 nitrogen and oxygen atoms in total. The SMILES string of the molecule is CNc1ccc(C#Cc2c(N)nc(NCC(N)=O)nc2-c2cccc(C(F)(F)F)c2)cn1. The molecule has 164 valence electrons. The molecule has 1 aromatic carbocycles. The van der Waals surface area contributed by atoms with Crippen LogP contribution in [0.2, 0.25) is 0 Å². The fourth-order valence-electron chi connectivity index (χ4n) is 2.65. The average Bonchev–Trinajstić information content (AvgIpc) is 2.76. The van der Waals surface area contributed by atoms with Gasteiger partial charge in [-0.1, -0.05) is 24.0 Å². The number of anilines is 3. The summed E-state index contributed by atoms with van der Waals surface area (Å²) in [7, 11) is 1.72. The van der Waals surface area contributed by atoms with E-state index in [2.05, 4.69) is 37.4 Å². The Morgan fingerprint density at radius 1 is 1.16 bits per heavy atom. The first-order chi connectivity index (χ1) is 15.2. The topological polar surface area (TPSA) is 132 Å².